The highest BCUT2D eigenvalue weighted by atomic mass is 16.2. The molecule has 0 atom stereocenters. The number of nitrogens with one attached hydrogen (secondary N) is 2. The lowest BCUT2D eigenvalue weighted by molar-refractivity contribution is -0.119. The van der Waals surface area contributed by atoms with E-state index in [0.717, 1.165) is 16.6 Å². The zero-order chi connectivity index (χ0) is 15.9. The fourth-order valence-corrected chi connectivity index (χ4v) is 2.24. The van der Waals surface area contributed by atoms with E-state index in [9.17, 15) is 4.79 Å². The number of carbonyl (C=O) groups is 1. The van der Waals surface area contributed by atoms with Crippen LogP contribution in [0.15, 0.2) is 77.9 Å². The summed E-state index contributed by atoms with van der Waals surface area (Å²) >= 11 is 0. The van der Waals surface area contributed by atoms with Gasteiger partial charge in [0.15, 0.2) is 0 Å². The van der Waals surface area contributed by atoms with E-state index in [1.165, 1.54) is 5.39 Å². The Morgan fingerprint density at radius 3 is 2.48 bits per heavy atom. The first-order valence-electron chi connectivity index (χ1n) is 7.41. The third-order valence-electron chi connectivity index (χ3n) is 3.40. The molecule has 0 radical (unpaired) electrons. The van der Waals surface area contributed by atoms with E-state index in [1.807, 2.05) is 66.7 Å². The minimum Gasteiger partial charge on any atom is -0.376 e. The van der Waals surface area contributed by atoms with Gasteiger partial charge in [0, 0.05) is 5.69 Å². The molecule has 2 N–H and O–H groups in total. The van der Waals surface area contributed by atoms with E-state index in [1.54, 1.807) is 6.21 Å². The van der Waals surface area contributed by atoms with Gasteiger partial charge in [-0.05, 0) is 28.5 Å². The van der Waals surface area contributed by atoms with E-state index >= 15 is 0 Å². The van der Waals surface area contributed by atoms with Crippen LogP contribution in [0.5, 0.6) is 0 Å². The van der Waals surface area contributed by atoms with E-state index in [0.29, 0.717) is 0 Å². The number of anilines is 1. The molecule has 0 heterocycles. The molecular formula is C19H17N3O. The van der Waals surface area contributed by atoms with Crippen LogP contribution in [0.4, 0.5) is 5.69 Å². The quantitative estimate of drug-likeness (QED) is 0.560. The number of benzene rings is 3. The minimum atomic E-state index is -0.190. The SMILES string of the molecule is O=C(CNc1ccc2ccccc2c1)N/N=C\c1ccccc1. The molecule has 0 aliphatic heterocycles. The Balaban J connectivity index is 1.52. The van der Waals surface area contributed by atoms with Crippen molar-refractivity contribution in [3.63, 3.8) is 0 Å². The zero-order valence-electron chi connectivity index (χ0n) is 12.6. The number of hydrogen-bond acceptors (Lipinski definition) is 3. The lowest BCUT2D eigenvalue weighted by Gasteiger charge is -2.06. The maximum absolute atomic E-state index is 11.8. The summed E-state index contributed by atoms with van der Waals surface area (Å²) in [5.74, 6) is -0.190. The lowest BCUT2D eigenvalue weighted by Crippen LogP contribution is -2.25. The minimum absolute atomic E-state index is 0.171. The Hall–Kier alpha value is -3.14. The highest BCUT2D eigenvalue weighted by Crippen LogP contribution is 2.18. The van der Waals surface area contributed by atoms with Crippen molar-refractivity contribution in [1.82, 2.24) is 5.43 Å². The van der Waals surface area contributed by atoms with Gasteiger partial charge in [0.05, 0.1) is 12.8 Å². The fraction of sp³-hybridized carbons (Fsp3) is 0.0526. The van der Waals surface area contributed by atoms with Gasteiger partial charge in [-0.25, -0.2) is 5.43 Å². The smallest absolute Gasteiger partial charge is 0.259 e. The van der Waals surface area contributed by atoms with Crippen LogP contribution in [-0.2, 0) is 4.79 Å². The molecule has 0 saturated carbocycles. The van der Waals surface area contributed by atoms with Crippen molar-refractivity contribution in [1.29, 1.82) is 0 Å². The summed E-state index contributed by atoms with van der Waals surface area (Å²) in [5.41, 5.74) is 4.35. The maximum Gasteiger partial charge on any atom is 0.259 e. The van der Waals surface area contributed by atoms with Crippen molar-refractivity contribution in [3.05, 3.63) is 78.4 Å². The Bertz CT molecular complexity index is 828. The van der Waals surface area contributed by atoms with Crippen LogP contribution in [0.25, 0.3) is 10.8 Å². The second kappa shape index (κ2) is 7.22. The first-order valence-corrected chi connectivity index (χ1v) is 7.41. The van der Waals surface area contributed by atoms with Gasteiger partial charge < -0.3 is 5.32 Å². The first-order chi connectivity index (χ1) is 11.3. The summed E-state index contributed by atoms with van der Waals surface area (Å²) < 4.78 is 0. The molecule has 23 heavy (non-hydrogen) atoms. The molecule has 3 rings (SSSR count). The van der Waals surface area contributed by atoms with Gasteiger partial charge in [-0.1, -0.05) is 60.7 Å². The predicted octanol–water partition coefficient (Wildman–Crippen LogP) is 3.40. The van der Waals surface area contributed by atoms with Crippen molar-refractivity contribution < 1.29 is 4.79 Å². The number of hydrazone groups is 1. The van der Waals surface area contributed by atoms with Crippen molar-refractivity contribution in [3.8, 4) is 0 Å². The fourth-order valence-electron chi connectivity index (χ4n) is 2.24. The van der Waals surface area contributed by atoms with Gasteiger partial charge in [0.1, 0.15) is 0 Å². The van der Waals surface area contributed by atoms with Gasteiger partial charge >= 0.3 is 0 Å². The Kier molecular flexibility index (Phi) is 4.64. The molecule has 0 spiro atoms. The molecule has 0 saturated heterocycles. The maximum atomic E-state index is 11.8. The average Bonchev–Trinajstić information content (AvgIpc) is 2.61. The largest absolute Gasteiger partial charge is 0.376 e. The van der Waals surface area contributed by atoms with Crippen LogP contribution in [0.1, 0.15) is 5.56 Å². The van der Waals surface area contributed by atoms with Crippen LogP contribution in [-0.4, -0.2) is 18.7 Å². The van der Waals surface area contributed by atoms with Gasteiger partial charge in [-0.15, -0.1) is 0 Å². The molecule has 0 bridgehead atoms. The predicted molar refractivity (Wildman–Crippen MR) is 94.6 cm³/mol. The van der Waals surface area contributed by atoms with Gasteiger partial charge in [0.25, 0.3) is 5.91 Å². The molecule has 0 aliphatic rings. The van der Waals surface area contributed by atoms with Crippen LogP contribution in [0, 0.1) is 0 Å². The van der Waals surface area contributed by atoms with E-state index in [-0.39, 0.29) is 12.5 Å². The summed E-state index contributed by atoms with van der Waals surface area (Å²) in [4.78, 5) is 11.8. The van der Waals surface area contributed by atoms with E-state index in [2.05, 4.69) is 21.9 Å². The van der Waals surface area contributed by atoms with E-state index < -0.39 is 0 Å². The highest BCUT2D eigenvalue weighted by molar-refractivity contribution is 5.87. The molecule has 0 fully saturated rings. The summed E-state index contributed by atoms with van der Waals surface area (Å²) in [7, 11) is 0. The Labute approximate surface area is 134 Å². The highest BCUT2D eigenvalue weighted by Gasteiger charge is 2.00. The second-order valence-corrected chi connectivity index (χ2v) is 5.12. The third-order valence-corrected chi connectivity index (χ3v) is 3.40. The average molecular weight is 303 g/mol. The van der Waals surface area contributed by atoms with Crippen molar-refractivity contribution in [2.75, 3.05) is 11.9 Å². The molecule has 0 aromatic heterocycles. The van der Waals surface area contributed by atoms with Crippen LogP contribution in [0.2, 0.25) is 0 Å². The molecule has 0 aliphatic carbocycles. The first kappa shape index (κ1) is 14.8. The van der Waals surface area contributed by atoms with Crippen LogP contribution in [0.3, 0.4) is 0 Å². The molecule has 4 heteroatoms. The summed E-state index contributed by atoms with van der Waals surface area (Å²) in [5, 5.41) is 9.35. The number of hydrogen-bond donors (Lipinski definition) is 2. The molecule has 3 aromatic rings. The molecular weight excluding hydrogens is 286 g/mol. The number of rotatable bonds is 5. The number of nitrogens with zero attached hydrogens (tertiary/aromatic N) is 1. The van der Waals surface area contributed by atoms with Crippen molar-refractivity contribution in [2.45, 2.75) is 0 Å². The standard InChI is InChI=1S/C19H17N3O/c23-19(22-21-13-15-6-2-1-3-7-15)14-20-18-11-10-16-8-4-5-9-17(16)12-18/h1-13,20H,14H2,(H,22,23)/b21-13-. The third kappa shape index (κ3) is 4.17. The zero-order valence-corrected chi connectivity index (χ0v) is 12.6. The van der Waals surface area contributed by atoms with Crippen LogP contribution >= 0.6 is 0 Å². The topological polar surface area (TPSA) is 53.5 Å². The normalized spacial score (nSPS) is 10.8. The molecule has 4 nitrogen and oxygen atoms in total. The van der Waals surface area contributed by atoms with Crippen molar-refractivity contribution >= 4 is 28.6 Å². The summed E-state index contributed by atoms with van der Waals surface area (Å²) in [6.45, 7) is 0.171. The van der Waals surface area contributed by atoms with Gasteiger partial charge in [-0.3, -0.25) is 4.79 Å². The second-order valence-electron chi connectivity index (χ2n) is 5.12. The van der Waals surface area contributed by atoms with Crippen LogP contribution < -0.4 is 10.7 Å². The molecule has 0 unspecified atom stereocenters. The lowest BCUT2D eigenvalue weighted by atomic mass is 10.1. The summed E-state index contributed by atoms with van der Waals surface area (Å²) in [6, 6.07) is 23.7. The van der Waals surface area contributed by atoms with Crippen molar-refractivity contribution in [2.24, 2.45) is 5.10 Å². The number of amides is 1. The number of fused-ring (bicyclic) bond motifs is 1. The monoisotopic (exact) mass is 303 g/mol. The Morgan fingerprint density at radius 1 is 0.913 bits per heavy atom. The molecule has 114 valence electrons. The van der Waals surface area contributed by atoms with Gasteiger partial charge in [-0.2, -0.15) is 5.10 Å². The summed E-state index contributed by atoms with van der Waals surface area (Å²) in [6.07, 6.45) is 1.62. The molecule has 3 aromatic carbocycles. The number of carbonyl (C=O) groups excluding carboxylic acids is 1. The van der Waals surface area contributed by atoms with E-state index in [4.69, 9.17) is 0 Å². The molecule has 1 amide bonds. The Morgan fingerprint density at radius 2 is 1.65 bits per heavy atom. The van der Waals surface area contributed by atoms with Gasteiger partial charge in [0.2, 0.25) is 0 Å².